The normalized spacial score (nSPS) is 27.6. The predicted octanol–water partition coefficient (Wildman–Crippen LogP) is 0.450. The van der Waals surface area contributed by atoms with Crippen LogP contribution in [0.4, 0.5) is 0 Å². The van der Waals surface area contributed by atoms with Crippen molar-refractivity contribution in [2.24, 2.45) is 11.8 Å². The highest BCUT2D eigenvalue weighted by atomic mass is 16.4. The first-order valence-electron chi connectivity index (χ1n) is 7.96. The van der Waals surface area contributed by atoms with Crippen molar-refractivity contribution < 1.29 is 19.8 Å². The average Bonchev–Trinajstić information content (AvgIpc) is 2.52. The Morgan fingerprint density at radius 3 is 2.38 bits per heavy atom. The standard InChI is InChI=1S/C15H26N2O4/c18-10-12-3-1-2-4-13(12)16-9-14(19)17-7-5-11(6-8-17)15(20)21/h11-13,16,18H,1-10H2,(H,20,21). The third-order valence-electron chi connectivity index (χ3n) is 4.86. The summed E-state index contributed by atoms with van der Waals surface area (Å²) in [6.07, 6.45) is 5.42. The molecule has 1 amide bonds. The number of carboxylic acid groups (broad SMARTS) is 1. The van der Waals surface area contributed by atoms with Crippen molar-refractivity contribution in [2.75, 3.05) is 26.2 Å². The van der Waals surface area contributed by atoms with Gasteiger partial charge in [0, 0.05) is 25.7 Å². The molecule has 0 aromatic heterocycles. The number of aliphatic carboxylic acids is 1. The van der Waals surface area contributed by atoms with Crippen molar-refractivity contribution >= 4 is 11.9 Å². The quantitative estimate of drug-likeness (QED) is 0.686. The summed E-state index contributed by atoms with van der Waals surface area (Å²) in [5.41, 5.74) is 0. The van der Waals surface area contributed by atoms with E-state index in [1.807, 2.05) is 0 Å². The van der Waals surface area contributed by atoms with Crippen molar-refractivity contribution in [1.82, 2.24) is 10.2 Å². The fraction of sp³-hybridized carbons (Fsp3) is 0.867. The van der Waals surface area contributed by atoms with Gasteiger partial charge in [0.25, 0.3) is 0 Å². The van der Waals surface area contributed by atoms with Crippen LogP contribution < -0.4 is 5.32 Å². The van der Waals surface area contributed by atoms with Gasteiger partial charge in [-0.15, -0.1) is 0 Å². The Labute approximate surface area is 125 Å². The molecular formula is C15H26N2O4. The Morgan fingerprint density at radius 2 is 1.76 bits per heavy atom. The van der Waals surface area contributed by atoms with E-state index in [0.29, 0.717) is 32.5 Å². The highest BCUT2D eigenvalue weighted by Gasteiger charge is 2.28. The Kier molecular flexibility index (Phi) is 5.99. The van der Waals surface area contributed by atoms with Crippen LogP contribution in [0, 0.1) is 11.8 Å². The maximum absolute atomic E-state index is 12.2. The number of hydrogen-bond donors (Lipinski definition) is 3. The van der Waals surface area contributed by atoms with Crippen molar-refractivity contribution in [1.29, 1.82) is 0 Å². The van der Waals surface area contributed by atoms with Crippen LogP contribution in [0.2, 0.25) is 0 Å². The Balaban J connectivity index is 1.73. The molecule has 21 heavy (non-hydrogen) atoms. The first-order valence-corrected chi connectivity index (χ1v) is 7.96. The average molecular weight is 298 g/mol. The highest BCUT2D eigenvalue weighted by molar-refractivity contribution is 5.79. The number of nitrogens with one attached hydrogen (secondary N) is 1. The topological polar surface area (TPSA) is 89.9 Å². The molecule has 0 bridgehead atoms. The zero-order valence-electron chi connectivity index (χ0n) is 12.5. The third kappa shape index (κ3) is 4.41. The fourth-order valence-electron chi connectivity index (χ4n) is 3.40. The number of rotatable bonds is 5. The van der Waals surface area contributed by atoms with Gasteiger partial charge in [-0.3, -0.25) is 9.59 Å². The molecule has 1 aliphatic heterocycles. The maximum Gasteiger partial charge on any atom is 0.306 e. The van der Waals surface area contributed by atoms with Gasteiger partial charge in [-0.05, 0) is 31.6 Å². The molecule has 2 atom stereocenters. The van der Waals surface area contributed by atoms with Gasteiger partial charge in [-0.2, -0.15) is 0 Å². The molecule has 2 aliphatic rings. The van der Waals surface area contributed by atoms with Crippen molar-refractivity contribution in [3.8, 4) is 0 Å². The van der Waals surface area contributed by atoms with Crippen molar-refractivity contribution in [3.63, 3.8) is 0 Å². The van der Waals surface area contributed by atoms with E-state index in [1.165, 1.54) is 0 Å². The second-order valence-electron chi connectivity index (χ2n) is 6.21. The lowest BCUT2D eigenvalue weighted by molar-refractivity contribution is -0.145. The van der Waals surface area contributed by atoms with Gasteiger partial charge >= 0.3 is 5.97 Å². The van der Waals surface area contributed by atoms with Crippen LogP contribution in [0.25, 0.3) is 0 Å². The van der Waals surface area contributed by atoms with Crippen LogP contribution in [-0.2, 0) is 9.59 Å². The summed E-state index contributed by atoms with van der Waals surface area (Å²) in [4.78, 5) is 24.8. The molecule has 0 aromatic carbocycles. The highest BCUT2D eigenvalue weighted by Crippen LogP contribution is 2.24. The van der Waals surface area contributed by atoms with E-state index in [9.17, 15) is 14.7 Å². The van der Waals surface area contributed by atoms with Crippen LogP contribution in [0.15, 0.2) is 0 Å². The molecule has 6 heteroatoms. The SMILES string of the molecule is O=C(O)C1CCN(C(=O)CNC2CCCCC2CO)CC1. The molecule has 1 saturated carbocycles. The van der Waals surface area contributed by atoms with E-state index in [0.717, 1.165) is 25.7 Å². The van der Waals surface area contributed by atoms with Crippen LogP contribution in [0.3, 0.4) is 0 Å². The fourth-order valence-corrected chi connectivity index (χ4v) is 3.40. The summed E-state index contributed by atoms with van der Waals surface area (Å²) < 4.78 is 0. The van der Waals surface area contributed by atoms with E-state index in [-0.39, 0.29) is 30.4 Å². The van der Waals surface area contributed by atoms with Gasteiger partial charge < -0.3 is 20.4 Å². The molecule has 0 spiro atoms. The second kappa shape index (κ2) is 7.75. The molecule has 120 valence electrons. The lowest BCUT2D eigenvalue weighted by Crippen LogP contribution is -2.48. The van der Waals surface area contributed by atoms with E-state index in [2.05, 4.69) is 5.32 Å². The van der Waals surface area contributed by atoms with Crippen LogP contribution in [-0.4, -0.2) is 59.3 Å². The Morgan fingerprint density at radius 1 is 1.10 bits per heavy atom. The number of piperidine rings is 1. The van der Waals surface area contributed by atoms with Crippen LogP contribution in [0.1, 0.15) is 38.5 Å². The van der Waals surface area contributed by atoms with Gasteiger partial charge in [0.05, 0.1) is 12.5 Å². The summed E-state index contributed by atoms with van der Waals surface area (Å²) >= 11 is 0. The largest absolute Gasteiger partial charge is 0.481 e. The minimum Gasteiger partial charge on any atom is -0.481 e. The number of amides is 1. The van der Waals surface area contributed by atoms with Crippen molar-refractivity contribution in [2.45, 2.75) is 44.6 Å². The number of carboxylic acids is 1. The number of likely N-dealkylation sites (tertiary alicyclic amines) is 1. The lowest BCUT2D eigenvalue weighted by atomic mass is 9.85. The van der Waals surface area contributed by atoms with Gasteiger partial charge in [0.15, 0.2) is 0 Å². The van der Waals surface area contributed by atoms with E-state index >= 15 is 0 Å². The lowest BCUT2D eigenvalue weighted by Gasteiger charge is -2.33. The molecule has 1 aliphatic carbocycles. The zero-order chi connectivity index (χ0) is 15.2. The first kappa shape index (κ1) is 16.2. The molecule has 6 nitrogen and oxygen atoms in total. The summed E-state index contributed by atoms with van der Waals surface area (Å²) in [7, 11) is 0. The number of aliphatic hydroxyl groups is 1. The molecule has 0 radical (unpaired) electrons. The van der Waals surface area contributed by atoms with Gasteiger partial charge in [-0.1, -0.05) is 12.8 Å². The molecule has 2 unspecified atom stereocenters. The summed E-state index contributed by atoms with van der Waals surface area (Å²) in [6, 6.07) is 0.226. The minimum absolute atomic E-state index is 0.0427. The monoisotopic (exact) mass is 298 g/mol. The number of aliphatic hydroxyl groups excluding tert-OH is 1. The summed E-state index contributed by atoms with van der Waals surface area (Å²) in [5.74, 6) is -0.766. The summed E-state index contributed by atoms with van der Waals surface area (Å²) in [5, 5.41) is 21.6. The number of nitrogens with zero attached hydrogens (tertiary/aromatic N) is 1. The Hall–Kier alpha value is -1.14. The van der Waals surface area contributed by atoms with Gasteiger partial charge in [0.1, 0.15) is 0 Å². The van der Waals surface area contributed by atoms with E-state index in [1.54, 1.807) is 4.90 Å². The first-order chi connectivity index (χ1) is 10.1. The van der Waals surface area contributed by atoms with Crippen molar-refractivity contribution in [3.05, 3.63) is 0 Å². The van der Waals surface area contributed by atoms with Crippen LogP contribution in [0.5, 0.6) is 0 Å². The minimum atomic E-state index is -0.756. The second-order valence-corrected chi connectivity index (χ2v) is 6.21. The Bertz CT molecular complexity index is 367. The predicted molar refractivity (Wildman–Crippen MR) is 77.8 cm³/mol. The third-order valence-corrected chi connectivity index (χ3v) is 4.86. The maximum atomic E-state index is 12.2. The summed E-state index contributed by atoms with van der Waals surface area (Å²) in [6.45, 7) is 1.53. The molecule has 0 aromatic rings. The zero-order valence-corrected chi connectivity index (χ0v) is 12.5. The number of carbonyl (C=O) groups excluding carboxylic acids is 1. The van der Waals surface area contributed by atoms with Gasteiger partial charge in [-0.25, -0.2) is 0 Å². The molecule has 2 rings (SSSR count). The number of carbonyl (C=O) groups is 2. The molecule has 2 fully saturated rings. The van der Waals surface area contributed by atoms with Crippen LogP contribution >= 0.6 is 0 Å². The van der Waals surface area contributed by atoms with E-state index in [4.69, 9.17) is 5.11 Å². The molecular weight excluding hydrogens is 272 g/mol. The molecule has 1 heterocycles. The van der Waals surface area contributed by atoms with Gasteiger partial charge in [0.2, 0.25) is 5.91 Å². The molecule has 3 N–H and O–H groups in total. The van der Waals surface area contributed by atoms with E-state index < -0.39 is 5.97 Å². The smallest absolute Gasteiger partial charge is 0.306 e. The number of hydrogen-bond acceptors (Lipinski definition) is 4. The molecule has 1 saturated heterocycles.